The highest BCUT2D eigenvalue weighted by molar-refractivity contribution is 6.21. The van der Waals surface area contributed by atoms with Crippen LogP contribution < -0.4 is 29.0 Å². The molecule has 0 heterocycles. The maximum Gasteiger partial charge on any atom is 0.338 e. The van der Waals surface area contributed by atoms with Crippen molar-refractivity contribution < 1.29 is 38.3 Å². The summed E-state index contributed by atoms with van der Waals surface area (Å²) in [7, 11) is 7.66. The zero-order chi connectivity index (χ0) is 28.2. The van der Waals surface area contributed by atoms with E-state index in [9.17, 15) is 9.90 Å². The molecule has 0 radical (unpaired) electrons. The first-order chi connectivity index (χ1) is 18.9. The van der Waals surface area contributed by atoms with E-state index in [1.807, 2.05) is 18.2 Å². The molecule has 0 aliphatic carbocycles. The van der Waals surface area contributed by atoms with E-state index >= 15 is 0 Å². The van der Waals surface area contributed by atoms with E-state index in [0.717, 1.165) is 11.1 Å². The molecule has 0 aliphatic heterocycles. The second-order valence-electron chi connectivity index (χ2n) is 8.49. The van der Waals surface area contributed by atoms with Crippen molar-refractivity contribution in [1.29, 1.82) is 0 Å². The molecular formula is C30H35NO8. The molecule has 208 valence electrons. The molecule has 9 heteroatoms. The van der Waals surface area contributed by atoms with Crippen molar-refractivity contribution in [3.05, 3.63) is 77.4 Å². The zero-order valence-corrected chi connectivity index (χ0v) is 22.9. The van der Waals surface area contributed by atoms with E-state index < -0.39 is 12.1 Å². The highest BCUT2D eigenvalue weighted by Gasteiger charge is 2.14. The van der Waals surface area contributed by atoms with Crippen LogP contribution in [0.4, 0.5) is 0 Å². The van der Waals surface area contributed by atoms with Gasteiger partial charge in [0.15, 0.2) is 0 Å². The third kappa shape index (κ3) is 8.39. The fourth-order valence-electron chi connectivity index (χ4n) is 3.80. The van der Waals surface area contributed by atoms with Crippen LogP contribution in [0.15, 0.2) is 60.7 Å². The summed E-state index contributed by atoms with van der Waals surface area (Å²) in [6, 6.07) is 17.9. The number of benzene rings is 3. The lowest BCUT2D eigenvalue weighted by atomic mass is 10.0. The monoisotopic (exact) mass is 537 g/mol. The maximum absolute atomic E-state index is 12.6. The average molecular weight is 538 g/mol. The van der Waals surface area contributed by atoms with Crippen LogP contribution in [-0.2, 0) is 16.1 Å². The number of aliphatic hydroxyl groups is 1. The standard InChI is InChI=1S/C30H35NO8/c1-34-25-11-8-22(29(16-25)37-4)17-31-18-23(32)19-39-24-9-6-21(7-10-24)28(30(33)38-5)14-20-12-26(35-2)15-27(13-20)36-3/h6-16,23,31-32H,17-19H2,1-5H3. The van der Waals surface area contributed by atoms with Gasteiger partial charge in [-0.15, -0.1) is 0 Å². The number of carbonyl (C=O) groups excluding carboxylic acids is 1. The molecule has 0 spiro atoms. The van der Waals surface area contributed by atoms with Crippen molar-refractivity contribution in [3.63, 3.8) is 0 Å². The molecule has 0 saturated heterocycles. The number of rotatable bonds is 14. The van der Waals surface area contributed by atoms with Crippen LogP contribution in [0.3, 0.4) is 0 Å². The summed E-state index contributed by atoms with van der Waals surface area (Å²) < 4.78 is 32.0. The summed E-state index contributed by atoms with van der Waals surface area (Å²) >= 11 is 0. The average Bonchev–Trinajstić information content (AvgIpc) is 2.98. The van der Waals surface area contributed by atoms with E-state index in [1.165, 1.54) is 7.11 Å². The van der Waals surface area contributed by atoms with Gasteiger partial charge in [0, 0.05) is 30.8 Å². The first-order valence-corrected chi connectivity index (χ1v) is 12.3. The lowest BCUT2D eigenvalue weighted by Gasteiger charge is -2.15. The zero-order valence-electron chi connectivity index (χ0n) is 22.9. The second-order valence-corrected chi connectivity index (χ2v) is 8.49. The molecular weight excluding hydrogens is 502 g/mol. The summed E-state index contributed by atoms with van der Waals surface area (Å²) in [6.45, 7) is 0.933. The number of ether oxygens (including phenoxy) is 6. The summed E-state index contributed by atoms with van der Waals surface area (Å²) in [5.41, 5.74) is 2.67. The molecule has 3 aromatic rings. The molecule has 3 aromatic carbocycles. The lowest BCUT2D eigenvalue weighted by Crippen LogP contribution is -2.31. The highest BCUT2D eigenvalue weighted by atomic mass is 16.5. The first-order valence-electron chi connectivity index (χ1n) is 12.3. The Labute approximate surface area is 228 Å². The summed E-state index contributed by atoms with van der Waals surface area (Å²) in [4.78, 5) is 12.6. The normalized spacial score (nSPS) is 11.9. The Morgan fingerprint density at radius 2 is 1.46 bits per heavy atom. The van der Waals surface area contributed by atoms with Crippen LogP contribution in [0.2, 0.25) is 0 Å². The van der Waals surface area contributed by atoms with Crippen LogP contribution in [0.5, 0.6) is 28.7 Å². The van der Waals surface area contributed by atoms with Gasteiger partial charge in [-0.2, -0.15) is 0 Å². The van der Waals surface area contributed by atoms with Gasteiger partial charge in [-0.3, -0.25) is 0 Å². The van der Waals surface area contributed by atoms with Gasteiger partial charge in [-0.05, 0) is 47.5 Å². The number of hydrogen-bond acceptors (Lipinski definition) is 9. The Balaban J connectivity index is 1.60. The van der Waals surface area contributed by atoms with Crippen molar-refractivity contribution in [2.45, 2.75) is 12.6 Å². The molecule has 9 nitrogen and oxygen atoms in total. The predicted octanol–water partition coefficient (Wildman–Crippen LogP) is 3.96. The largest absolute Gasteiger partial charge is 0.497 e. The molecule has 39 heavy (non-hydrogen) atoms. The van der Waals surface area contributed by atoms with Crippen LogP contribution >= 0.6 is 0 Å². The Morgan fingerprint density at radius 3 is 2.05 bits per heavy atom. The quantitative estimate of drug-likeness (QED) is 0.180. The maximum atomic E-state index is 12.6. The first kappa shape index (κ1) is 29.3. The van der Waals surface area contributed by atoms with Crippen LogP contribution in [0.25, 0.3) is 11.6 Å². The summed E-state index contributed by atoms with van der Waals surface area (Å²) in [6.07, 6.45) is 0.974. The number of hydrogen-bond donors (Lipinski definition) is 2. The van der Waals surface area contributed by atoms with E-state index in [2.05, 4.69) is 5.32 Å². The van der Waals surface area contributed by atoms with Gasteiger partial charge in [0.2, 0.25) is 0 Å². The molecule has 0 saturated carbocycles. The van der Waals surface area contributed by atoms with Crippen LogP contribution in [0.1, 0.15) is 16.7 Å². The topological polar surface area (TPSA) is 105 Å². The number of methoxy groups -OCH3 is 5. The van der Waals surface area contributed by atoms with Gasteiger partial charge in [0.05, 0.1) is 41.1 Å². The minimum Gasteiger partial charge on any atom is -0.497 e. The van der Waals surface area contributed by atoms with Crippen molar-refractivity contribution in [2.24, 2.45) is 0 Å². The molecule has 3 rings (SSSR count). The Hall–Kier alpha value is -4.21. The van der Waals surface area contributed by atoms with Gasteiger partial charge in [0.1, 0.15) is 41.5 Å². The van der Waals surface area contributed by atoms with Gasteiger partial charge in [0.25, 0.3) is 0 Å². The fourth-order valence-corrected chi connectivity index (χ4v) is 3.80. The second kappa shape index (κ2) is 14.7. The molecule has 0 bridgehead atoms. The van der Waals surface area contributed by atoms with Crippen molar-refractivity contribution >= 4 is 17.6 Å². The third-order valence-electron chi connectivity index (χ3n) is 5.89. The Bertz CT molecular complexity index is 1230. The van der Waals surface area contributed by atoms with Crippen molar-refractivity contribution in [3.8, 4) is 28.7 Å². The van der Waals surface area contributed by atoms with E-state index in [0.29, 0.717) is 53.0 Å². The van der Waals surface area contributed by atoms with Crippen molar-refractivity contribution in [1.82, 2.24) is 5.32 Å². The molecule has 0 aromatic heterocycles. The van der Waals surface area contributed by atoms with Gasteiger partial charge >= 0.3 is 5.97 Å². The van der Waals surface area contributed by atoms with Crippen LogP contribution in [-0.4, -0.2) is 65.9 Å². The van der Waals surface area contributed by atoms with Gasteiger partial charge in [-0.1, -0.05) is 18.2 Å². The molecule has 1 atom stereocenters. The Kier molecular flexibility index (Phi) is 11.0. The molecule has 0 amide bonds. The van der Waals surface area contributed by atoms with Crippen LogP contribution in [0, 0.1) is 0 Å². The number of esters is 1. The Morgan fingerprint density at radius 1 is 0.821 bits per heavy atom. The summed E-state index contributed by atoms with van der Waals surface area (Å²) in [5.74, 6) is 2.69. The molecule has 0 aliphatic rings. The van der Waals surface area contributed by atoms with E-state index in [-0.39, 0.29) is 6.61 Å². The highest BCUT2D eigenvalue weighted by Crippen LogP contribution is 2.28. The third-order valence-corrected chi connectivity index (χ3v) is 5.89. The molecule has 0 fully saturated rings. The van der Waals surface area contributed by atoms with E-state index in [1.54, 1.807) is 77.0 Å². The fraction of sp³-hybridized carbons (Fsp3) is 0.300. The van der Waals surface area contributed by atoms with Gasteiger partial charge < -0.3 is 38.8 Å². The number of nitrogens with one attached hydrogen (secondary N) is 1. The number of aliphatic hydroxyl groups excluding tert-OH is 1. The number of carbonyl (C=O) groups is 1. The lowest BCUT2D eigenvalue weighted by molar-refractivity contribution is -0.133. The minimum absolute atomic E-state index is 0.0927. The minimum atomic E-state index is -0.734. The smallest absolute Gasteiger partial charge is 0.338 e. The van der Waals surface area contributed by atoms with Gasteiger partial charge in [-0.25, -0.2) is 4.79 Å². The van der Waals surface area contributed by atoms with Crippen molar-refractivity contribution in [2.75, 3.05) is 48.7 Å². The predicted molar refractivity (Wildman–Crippen MR) is 149 cm³/mol. The van der Waals surface area contributed by atoms with E-state index in [4.69, 9.17) is 28.4 Å². The summed E-state index contributed by atoms with van der Waals surface area (Å²) in [5, 5.41) is 13.6. The molecule has 1 unspecified atom stereocenters. The SMILES string of the molecule is COC(=O)C(=Cc1cc(OC)cc(OC)c1)c1ccc(OCC(O)CNCc2ccc(OC)cc2OC)cc1. The molecule has 2 N–H and O–H groups in total.